The number of rotatable bonds is 8. The number of para-hydroxylation sites is 1. The molecule has 6 nitrogen and oxygen atoms in total. The Morgan fingerprint density at radius 3 is 2.70 bits per heavy atom. The molecule has 146 valence electrons. The Balaban J connectivity index is 1.61. The molecule has 0 fully saturated rings. The molecule has 0 spiro atoms. The van der Waals surface area contributed by atoms with E-state index < -0.39 is 0 Å². The van der Waals surface area contributed by atoms with Crippen LogP contribution in [0, 0.1) is 5.92 Å². The molecule has 0 radical (unpaired) electrons. The molecule has 0 saturated heterocycles. The van der Waals surface area contributed by atoms with Crippen LogP contribution in [0.3, 0.4) is 0 Å². The molecule has 1 aromatic carbocycles. The third-order valence-corrected chi connectivity index (χ3v) is 5.16. The molecule has 1 atom stereocenters. The second-order valence-electron chi connectivity index (χ2n) is 7.04. The molecular weight excluding hydrogens is 340 g/mol. The van der Waals surface area contributed by atoms with E-state index in [-0.39, 0.29) is 5.91 Å². The number of hydrogen-bond acceptors (Lipinski definition) is 4. The topological polar surface area (TPSA) is 50.6 Å². The van der Waals surface area contributed by atoms with Gasteiger partial charge in [0.1, 0.15) is 5.75 Å². The van der Waals surface area contributed by atoms with Gasteiger partial charge in [0, 0.05) is 31.7 Å². The van der Waals surface area contributed by atoms with E-state index in [1.54, 1.807) is 0 Å². The predicted molar refractivity (Wildman–Crippen MR) is 105 cm³/mol. The van der Waals surface area contributed by atoms with Gasteiger partial charge in [0.15, 0.2) is 0 Å². The van der Waals surface area contributed by atoms with Crippen molar-refractivity contribution in [2.45, 2.75) is 33.4 Å². The molecular formula is C21H30N4O2. The first kappa shape index (κ1) is 19.4. The van der Waals surface area contributed by atoms with Gasteiger partial charge in [-0.3, -0.25) is 9.48 Å². The van der Waals surface area contributed by atoms with E-state index in [2.05, 4.69) is 28.5 Å². The van der Waals surface area contributed by atoms with E-state index in [0.717, 1.165) is 44.2 Å². The van der Waals surface area contributed by atoms with Crippen molar-refractivity contribution >= 4 is 5.91 Å². The number of aromatic nitrogens is 2. The average Bonchev–Trinajstić information content (AvgIpc) is 3.05. The van der Waals surface area contributed by atoms with Crippen LogP contribution in [0.4, 0.5) is 0 Å². The maximum absolute atomic E-state index is 12.8. The number of carbonyl (C=O) groups is 1. The summed E-state index contributed by atoms with van der Waals surface area (Å²) in [6.07, 6.45) is 2.22. The van der Waals surface area contributed by atoms with Gasteiger partial charge in [0.05, 0.1) is 25.3 Å². The van der Waals surface area contributed by atoms with Gasteiger partial charge in [-0.25, -0.2) is 0 Å². The molecule has 0 unspecified atom stereocenters. The molecule has 0 bridgehead atoms. The van der Waals surface area contributed by atoms with E-state index in [1.165, 1.54) is 0 Å². The van der Waals surface area contributed by atoms with Crippen molar-refractivity contribution in [2.24, 2.45) is 5.92 Å². The molecule has 0 aliphatic carbocycles. The molecule has 1 amide bonds. The maximum atomic E-state index is 12.8. The quantitative estimate of drug-likeness (QED) is 0.717. The largest absolute Gasteiger partial charge is 0.493 e. The fourth-order valence-electron chi connectivity index (χ4n) is 3.62. The van der Waals surface area contributed by atoms with Crippen molar-refractivity contribution in [1.29, 1.82) is 0 Å². The standard InChI is InChI=1S/C21H30N4O2/c1-3-23(4-2)14-18-15-24(17-19-10-12-22-25(19)16-18)21(26)11-13-27-20-8-6-5-7-9-20/h5-10,12,18H,3-4,11,13-17H2,1-2H3/t18-/m0/s1. The van der Waals surface area contributed by atoms with Crippen molar-refractivity contribution in [3.05, 3.63) is 48.3 Å². The van der Waals surface area contributed by atoms with Crippen LogP contribution in [0.5, 0.6) is 5.75 Å². The molecule has 1 aliphatic heterocycles. The van der Waals surface area contributed by atoms with Gasteiger partial charge < -0.3 is 14.5 Å². The first-order chi connectivity index (χ1) is 13.2. The lowest BCUT2D eigenvalue weighted by atomic mass is 10.1. The third-order valence-electron chi connectivity index (χ3n) is 5.16. The van der Waals surface area contributed by atoms with Crippen LogP contribution in [0.15, 0.2) is 42.6 Å². The Kier molecular flexibility index (Phi) is 6.87. The van der Waals surface area contributed by atoms with Crippen molar-refractivity contribution in [2.75, 3.05) is 32.8 Å². The number of amides is 1. The Bertz CT molecular complexity index is 712. The SMILES string of the molecule is CCN(CC)C[C@H]1CN(C(=O)CCOc2ccccc2)Cc2ccnn2C1. The summed E-state index contributed by atoms with van der Waals surface area (Å²) in [6.45, 7) is 10.1. The van der Waals surface area contributed by atoms with Crippen molar-refractivity contribution in [1.82, 2.24) is 19.6 Å². The monoisotopic (exact) mass is 370 g/mol. The molecule has 0 N–H and O–H groups in total. The van der Waals surface area contributed by atoms with Crippen molar-refractivity contribution < 1.29 is 9.53 Å². The lowest BCUT2D eigenvalue weighted by Gasteiger charge is -2.28. The van der Waals surface area contributed by atoms with Gasteiger partial charge in [-0.15, -0.1) is 0 Å². The molecule has 1 aliphatic rings. The molecule has 2 heterocycles. The van der Waals surface area contributed by atoms with E-state index in [0.29, 0.717) is 25.5 Å². The van der Waals surface area contributed by atoms with Gasteiger partial charge in [0.25, 0.3) is 0 Å². The summed E-state index contributed by atoms with van der Waals surface area (Å²) >= 11 is 0. The number of hydrogen-bond donors (Lipinski definition) is 0. The average molecular weight is 370 g/mol. The zero-order valence-electron chi connectivity index (χ0n) is 16.4. The van der Waals surface area contributed by atoms with Crippen LogP contribution in [-0.4, -0.2) is 58.3 Å². The fourth-order valence-corrected chi connectivity index (χ4v) is 3.62. The Hall–Kier alpha value is -2.34. The summed E-state index contributed by atoms with van der Waals surface area (Å²) in [5, 5.41) is 4.46. The van der Waals surface area contributed by atoms with Crippen LogP contribution in [-0.2, 0) is 17.9 Å². The highest BCUT2D eigenvalue weighted by Crippen LogP contribution is 2.18. The Morgan fingerprint density at radius 1 is 1.19 bits per heavy atom. The number of fused-ring (bicyclic) bond motifs is 1. The van der Waals surface area contributed by atoms with Gasteiger partial charge in [0.2, 0.25) is 5.91 Å². The fraction of sp³-hybridized carbons (Fsp3) is 0.524. The van der Waals surface area contributed by atoms with E-state index >= 15 is 0 Å². The summed E-state index contributed by atoms with van der Waals surface area (Å²) in [6, 6.07) is 11.7. The third kappa shape index (κ3) is 5.32. The zero-order valence-corrected chi connectivity index (χ0v) is 16.4. The highest BCUT2D eigenvalue weighted by atomic mass is 16.5. The maximum Gasteiger partial charge on any atom is 0.226 e. The molecule has 6 heteroatoms. The van der Waals surface area contributed by atoms with E-state index in [4.69, 9.17) is 4.74 Å². The van der Waals surface area contributed by atoms with Gasteiger partial charge in [-0.05, 0) is 31.3 Å². The van der Waals surface area contributed by atoms with E-state index in [1.807, 2.05) is 47.5 Å². The van der Waals surface area contributed by atoms with Crippen molar-refractivity contribution in [3.63, 3.8) is 0 Å². The zero-order chi connectivity index (χ0) is 19.1. The van der Waals surface area contributed by atoms with Crippen LogP contribution < -0.4 is 4.74 Å². The summed E-state index contributed by atoms with van der Waals surface area (Å²) in [5.74, 6) is 1.33. The number of benzene rings is 1. The molecule has 3 rings (SSSR count). The molecule has 1 aromatic heterocycles. The summed E-state index contributed by atoms with van der Waals surface area (Å²) in [5.41, 5.74) is 1.11. The van der Waals surface area contributed by atoms with Crippen LogP contribution >= 0.6 is 0 Å². The normalized spacial score (nSPS) is 16.9. The first-order valence-electron chi connectivity index (χ1n) is 9.88. The number of nitrogens with zero attached hydrogens (tertiary/aromatic N) is 4. The highest BCUT2D eigenvalue weighted by Gasteiger charge is 2.26. The Morgan fingerprint density at radius 2 is 1.96 bits per heavy atom. The summed E-state index contributed by atoms with van der Waals surface area (Å²) < 4.78 is 7.76. The van der Waals surface area contributed by atoms with Crippen molar-refractivity contribution in [3.8, 4) is 5.75 Å². The lowest BCUT2D eigenvalue weighted by molar-refractivity contribution is -0.133. The van der Waals surface area contributed by atoms with Crippen LogP contribution in [0.1, 0.15) is 26.0 Å². The van der Waals surface area contributed by atoms with Crippen LogP contribution in [0.2, 0.25) is 0 Å². The second-order valence-corrected chi connectivity index (χ2v) is 7.04. The highest BCUT2D eigenvalue weighted by molar-refractivity contribution is 5.76. The Labute approximate surface area is 161 Å². The predicted octanol–water partition coefficient (Wildman–Crippen LogP) is 2.65. The lowest BCUT2D eigenvalue weighted by Crippen LogP contribution is -2.39. The van der Waals surface area contributed by atoms with Gasteiger partial charge in [-0.1, -0.05) is 32.0 Å². The number of ether oxygens (including phenoxy) is 1. The first-order valence-corrected chi connectivity index (χ1v) is 9.88. The molecule has 0 saturated carbocycles. The van der Waals surface area contributed by atoms with Crippen LogP contribution in [0.25, 0.3) is 0 Å². The molecule has 2 aromatic rings. The number of carbonyl (C=O) groups excluding carboxylic acids is 1. The minimum absolute atomic E-state index is 0.144. The smallest absolute Gasteiger partial charge is 0.226 e. The summed E-state index contributed by atoms with van der Waals surface area (Å²) in [7, 11) is 0. The minimum atomic E-state index is 0.144. The molecule has 27 heavy (non-hydrogen) atoms. The minimum Gasteiger partial charge on any atom is -0.493 e. The summed E-state index contributed by atoms with van der Waals surface area (Å²) in [4.78, 5) is 17.2. The van der Waals surface area contributed by atoms with Gasteiger partial charge in [-0.2, -0.15) is 5.10 Å². The van der Waals surface area contributed by atoms with Gasteiger partial charge >= 0.3 is 0 Å². The van der Waals surface area contributed by atoms with E-state index in [9.17, 15) is 4.79 Å². The second kappa shape index (κ2) is 9.55.